The molecule has 0 spiro atoms. The fourth-order valence-electron chi connectivity index (χ4n) is 7.46. The zero-order chi connectivity index (χ0) is 31.8. The summed E-state index contributed by atoms with van der Waals surface area (Å²) >= 11 is 0. The number of fused-ring (bicyclic) bond motifs is 1. The predicted octanol–water partition coefficient (Wildman–Crippen LogP) is 7.11. The number of hydrogen-bond donors (Lipinski definition) is 1. The van der Waals surface area contributed by atoms with Gasteiger partial charge in [0.1, 0.15) is 17.0 Å². The van der Waals surface area contributed by atoms with Crippen molar-refractivity contribution in [2.75, 3.05) is 19.9 Å². The summed E-state index contributed by atoms with van der Waals surface area (Å²) in [5.74, 6) is 0.308. The van der Waals surface area contributed by atoms with E-state index in [1.54, 1.807) is 34.1 Å². The molecule has 2 aromatic rings. The molecule has 2 heterocycles. The van der Waals surface area contributed by atoms with E-state index < -0.39 is 36.1 Å². The molecule has 0 radical (unpaired) electrons. The number of carbonyl (C=O) groups excluding carboxylic acids is 1. The summed E-state index contributed by atoms with van der Waals surface area (Å²) in [7, 11) is -3.03. The molecule has 9 nitrogen and oxygen atoms in total. The van der Waals surface area contributed by atoms with Gasteiger partial charge in [-0.3, -0.25) is 0 Å². The van der Waals surface area contributed by atoms with Crippen molar-refractivity contribution >= 4 is 35.4 Å². The first-order valence-electron chi connectivity index (χ1n) is 15.3. The molecule has 2 aromatic heterocycles. The van der Waals surface area contributed by atoms with E-state index in [9.17, 15) is 18.3 Å². The molecule has 1 saturated carbocycles. The molecule has 0 aromatic carbocycles. The van der Waals surface area contributed by atoms with Crippen LogP contribution in [-0.4, -0.2) is 66.9 Å². The van der Waals surface area contributed by atoms with E-state index in [1.807, 2.05) is 0 Å². The largest absolute Gasteiger partial charge is 0.495 e. The summed E-state index contributed by atoms with van der Waals surface area (Å²) in [6, 6.07) is 2.09. The summed E-state index contributed by atoms with van der Waals surface area (Å²) in [4.78, 5) is 17.2. The van der Waals surface area contributed by atoms with Crippen LogP contribution in [0.15, 0.2) is 18.5 Å². The zero-order valence-electron chi connectivity index (χ0n) is 27.5. The predicted molar refractivity (Wildman–Crippen MR) is 171 cm³/mol. The van der Waals surface area contributed by atoms with Crippen molar-refractivity contribution in [1.29, 1.82) is 0 Å². The van der Waals surface area contributed by atoms with Crippen LogP contribution in [0, 0.1) is 11.8 Å². The van der Waals surface area contributed by atoms with Crippen molar-refractivity contribution in [3.05, 3.63) is 24.0 Å². The summed E-state index contributed by atoms with van der Waals surface area (Å²) in [6.07, 6.45) is 4.91. The highest BCUT2D eigenvalue weighted by Gasteiger charge is 2.46. The van der Waals surface area contributed by atoms with Crippen molar-refractivity contribution in [2.24, 2.45) is 11.8 Å². The number of aliphatic hydroxyl groups excluding tert-OH is 1. The average Bonchev–Trinajstić information content (AvgIpc) is 3.30. The zero-order valence-corrected chi connectivity index (χ0v) is 29.3. The molecule has 11 heteroatoms. The van der Waals surface area contributed by atoms with Crippen LogP contribution in [0.2, 0.25) is 16.6 Å². The van der Waals surface area contributed by atoms with Crippen molar-refractivity contribution in [2.45, 2.75) is 116 Å². The lowest BCUT2D eigenvalue weighted by Crippen LogP contribution is -2.51. The number of hydrogen-bond acceptors (Lipinski definition) is 7. The van der Waals surface area contributed by atoms with E-state index in [4.69, 9.17) is 14.5 Å². The van der Waals surface area contributed by atoms with E-state index in [-0.39, 0.29) is 17.6 Å². The fraction of sp³-hybridized carbons (Fsp3) is 0.742. The minimum atomic E-state index is -3.82. The Morgan fingerprint density at radius 1 is 1.10 bits per heavy atom. The molecule has 1 unspecified atom stereocenters. The maximum atomic E-state index is 13.0. The molecule has 1 fully saturated rings. The maximum Gasteiger partial charge on any atom is 0.423 e. The number of carbonyl (C=O) groups is 1. The second-order valence-electron chi connectivity index (χ2n) is 14.0. The molecule has 238 valence electrons. The minimum absolute atomic E-state index is 0.0438. The van der Waals surface area contributed by atoms with Crippen LogP contribution in [0.1, 0.15) is 99.7 Å². The van der Waals surface area contributed by atoms with Crippen LogP contribution in [-0.2, 0) is 14.8 Å². The Morgan fingerprint density at radius 2 is 1.64 bits per heavy atom. The maximum absolute atomic E-state index is 13.0. The third-order valence-corrected chi connectivity index (χ3v) is 17.9. The van der Waals surface area contributed by atoms with Crippen molar-refractivity contribution < 1.29 is 27.8 Å². The third kappa shape index (κ3) is 6.67. The highest BCUT2D eigenvalue weighted by molar-refractivity contribution is 7.89. The molecule has 1 atom stereocenters. The molecular weight excluding hydrogens is 571 g/mol. The van der Waals surface area contributed by atoms with Gasteiger partial charge in [-0.1, -0.05) is 41.5 Å². The van der Waals surface area contributed by atoms with Gasteiger partial charge >= 0.3 is 6.09 Å². The van der Waals surface area contributed by atoms with Crippen LogP contribution in [0.3, 0.4) is 0 Å². The molecule has 42 heavy (non-hydrogen) atoms. The first-order valence-corrected chi connectivity index (χ1v) is 19.1. The Morgan fingerprint density at radius 3 is 2.12 bits per heavy atom. The molecular formula is C31H53N3O6SSi. The number of aromatic nitrogens is 2. The molecule has 3 rings (SSSR count). The van der Waals surface area contributed by atoms with E-state index >= 15 is 0 Å². The monoisotopic (exact) mass is 623 g/mol. The molecule has 1 N–H and O–H groups in total. The van der Waals surface area contributed by atoms with Gasteiger partial charge in [0.05, 0.1) is 25.2 Å². The van der Waals surface area contributed by atoms with Crippen LogP contribution >= 0.6 is 0 Å². The number of amides is 1. The Hall–Kier alpha value is -2.11. The number of pyridine rings is 1. The molecule has 1 aliphatic rings. The van der Waals surface area contributed by atoms with Crippen LogP contribution in [0.25, 0.3) is 11.0 Å². The van der Waals surface area contributed by atoms with E-state index in [0.29, 0.717) is 48.1 Å². The van der Waals surface area contributed by atoms with Crippen LogP contribution in [0.4, 0.5) is 4.79 Å². The summed E-state index contributed by atoms with van der Waals surface area (Å²) in [5, 5.41) is 12.7. The number of nitrogens with zero attached hydrogens (tertiary/aromatic N) is 3. The molecule has 0 aliphatic heterocycles. The highest BCUT2D eigenvalue weighted by atomic mass is 32.2. The van der Waals surface area contributed by atoms with Gasteiger partial charge in [0.2, 0.25) is 10.0 Å². The van der Waals surface area contributed by atoms with Crippen LogP contribution in [0.5, 0.6) is 5.75 Å². The first-order chi connectivity index (χ1) is 19.4. The topological polar surface area (TPSA) is 111 Å². The van der Waals surface area contributed by atoms with Gasteiger partial charge in [0.25, 0.3) is 0 Å². The van der Waals surface area contributed by atoms with Gasteiger partial charge in [-0.25, -0.2) is 22.5 Å². The fourth-order valence-corrected chi connectivity index (χ4v) is 15.4. The Bertz CT molecular complexity index is 1320. The van der Waals surface area contributed by atoms with Gasteiger partial charge in [0, 0.05) is 18.0 Å². The van der Waals surface area contributed by atoms with Crippen LogP contribution < -0.4 is 4.74 Å². The lowest BCUT2D eigenvalue weighted by molar-refractivity contribution is 0.0419. The summed E-state index contributed by atoms with van der Waals surface area (Å²) in [6.45, 7) is 19.0. The van der Waals surface area contributed by atoms with Gasteiger partial charge in [-0.05, 0) is 87.2 Å². The van der Waals surface area contributed by atoms with E-state index in [2.05, 4.69) is 58.0 Å². The first kappa shape index (κ1) is 34.4. The molecule has 0 saturated heterocycles. The second kappa shape index (κ2) is 12.9. The minimum Gasteiger partial charge on any atom is -0.495 e. The summed E-state index contributed by atoms with van der Waals surface area (Å²) in [5.41, 5.74) is 2.36. The lowest BCUT2D eigenvalue weighted by atomic mass is 9.78. The SMILES string of the molecule is COc1cnc2c(ccn2[Si](C(C)C)(C(C)C)C(C)C)c1C(O)C1CCC(CS(=O)(=O)N(C)C(=O)OC(C)(C)C)CC1. The lowest BCUT2D eigenvalue weighted by Gasteiger charge is -2.44. The number of sulfonamides is 1. The van der Waals surface area contributed by atoms with Gasteiger partial charge in [-0.15, -0.1) is 0 Å². The number of ether oxygens (including phenoxy) is 2. The van der Waals surface area contributed by atoms with Gasteiger partial charge in [-0.2, -0.15) is 0 Å². The Labute approximate surface area is 254 Å². The number of rotatable bonds is 10. The van der Waals surface area contributed by atoms with E-state index in [1.165, 1.54) is 7.05 Å². The van der Waals surface area contributed by atoms with E-state index in [0.717, 1.165) is 20.9 Å². The third-order valence-electron chi connectivity index (χ3n) is 9.28. The standard InChI is InChI=1S/C31H53N3O6SSi/c1-20(2)42(21(3)4,22(5)6)34-17-16-25-27(26(39-11)18-32-29(25)34)28(35)24-14-12-23(13-15-24)19-41(37,38)33(10)30(36)40-31(7,8)9/h16-18,20-24,28,35H,12-15,19H2,1-11H3. The number of methoxy groups -OCH3 is 1. The van der Waals surface area contributed by atoms with Crippen molar-refractivity contribution in [3.63, 3.8) is 0 Å². The smallest absolute Gasteiger partial charge is 0.423 e. The Kier molecular flexibility index (Phi) is 10.5. The number of aliphatic hydroxyl groups is 1. The molecule has 0 bridgehead atoms. The van der Waals surface area contributed by atoms with Gasteiger partial charge < -0.3 is 18.8 Å². The Balaban J connectivity index is 1.85. The normalized spacial score (nSPS) is 19.5. The van der Waals surface area contributed by atoms with Crippen molar-refractivity contribution in [3.8, 4) is 5.75 Å². The molecule has 1 aliphatic carbocycles. The highest BCUT2D eigenvalue weighted by Crippen LogP contribution is 2.47. The second-order valence-corrected chi connectivity index (χ2v) is 21.7. The van der Waals surface area contributed by atoms with Crippen molar-refractivity contribution in [1.82, 2.24) is 13.5 Å². The quantitative estimate of drug-likeness (QED) is 0.281. The van der Waals surface area contributed by atoms with Gasteiger partial charge in [0.15, 0.2) is 8.24 Å². The average molecular weight is 624 g/mol. The summed E-state index contributed by atoms with van der Waals surface area (Å²) < 4.78 is 40.1. The molecule has 1 amide bonds.